The molecular formula is C14H21N3O2. The van der Waals surface area contributed by atoms with Crippen molar-refractivity contribution in [1.82, 2.24) is 9.78 Å². The van der Waals surface area contributed by atoms with Gasteiger partial charge in [-0.15, -0.1) is 0 Å². The number of aromatic nitrogens is 2. The van der Waals surface area contributed by atoms with E-state index in [9.17, 15) is 9.59 Å². The number of anilines is 1. The molecule has 2 rings (SSSR count). The normalized spacial score (nSPS) is 15.5. The summed E-state index contributed by atoms with van der Waals surface area (Å²) >= 11 is 0. The van der Waals surface area contributed by atoms with E-state index in [0.29, 0.717) is 6.42 Å². The molecule has 0 aliphatic carbocycles. The van der Waals surface area contributed by atoms with Gasteiger partial charge in [0.25, 0.3) is 5.56 Å². The van der Waals surface area contributed by atoms with Gasteiger partial charge in [-0.3, -0.25) is 9.59 Å². The fraction of sp³-hybridized carbons (Fsp3) is 0.643. The van der Waals surface area contributed by atoms with Crippen molar-refractivity contribution in [2.24, 2.45) is 0 Å². The fourth-order valence-corrected chi connectivity index (χ4v) is 2.39. The molecule has 0 unspecified atom stereocenters. The Kier molecular flexibility index (Phi) is 4.71. The van der Waals surface area contributed by atoms with Crippen LogP contribution < -0.4 is 10.5 Å². The Morgan fingerprint density at radius 3 is 2.68 bits per heavy atom. The van der Waals surface area contributed by atoms with Crippen molar-refractivity contribution in [1.29, 1.82) is 0 Å². The third-order valence-corrected chi connectivity index (χ3v) is 3.43. The summed E-state index contributed by atoms with van der Waals surface area (Å²) in [4.78, 5) is 25.7. The highest BCUT2D eigenvalue weighted by molar-refractivity contribution is 5.77. The maximum atomic E-state index is 11.9. The first-order valence-corrected chi connectivity index (χ1v) is 7.04. The van der Waals surface area contributed by atoms with Crippen molar-refractivity contribution in [2.45, 2.75) is 45.6 Å². The minimum Gasteiger partial charge on any atom is -0.370 e. The van der Waals surface area contributed by atoms with Crippen LogP contribution >= 0.6 is 0 Å². The summed E-state index contributed by atoms with van der Waals surface area (Å²) in [6.07, 6.45) is 6.59. The highest BCUT2D eigenvalue weighted by atomic mass is 16.1. The van der Waals surface area contributed by atoms with Crippen LogP contribution in [0.5, 0.6) is 0 Å². The zero-order chi connectivity index (χ0) is 13.7. The van der Waals surface area contributed by atoms with Crippen LogP contribution in [0.2, 0.25) is 0 Å². The van der Waals surface area contributed by atoms with Crippen LogP contribution in [0.15, 0.2) is 17.1 Å². The van der Waals surface area contributed by atoms with Crippen molar-refractivity contribution < 1.29 is 4.79 Å². The van der Waals surface area contributed by atoms with Gasteiger partial charge in [0.15, 0.2) is 5.78 Å². The lowest BCUT2D eigenvalue weighted by atomic mass is 10.1. The number of Topliss-reactive ketones (excluding diaryl/α,β-unsaturated/α-hetero) is 1. The lowest BCUT2D eigenvalue weighted by Gasteiger charge is -2.28. The number of ketones is 1. The lowest BCUT2D eigenvalue weighted by molar-refractivity contribution is -0.119. The average molecular weight is 263 g/mol. The Balaban J connectivity index is 2.08. The van der Waals surface area contributed by atoms with Gasteiger partial charge in [-0.2, -0.15) is 5.10 Å². The average Bonchev–Trinajstić information content (AvgIpc) is 2.42. The van der Waals surface area contributed by atoms with E-state index in [1.54, 1.807) is 12.3 Å². The predicted molar refractivity (Wildman–Crippen MR) is 74.5 cm³/mol. The molecule has 0 bridgehead atoms. The molecule has 1 fully saturated rings. The van der Waals surface area contributed by atoms with Crippen molar-refractivity contribution in [3.8, 4) is 0 Å². The third-order valence-electron chi connectivity index (χ3n) is 3.43. The second kappa shape index (κ2) is 6.50. The molecule has 1 aromatic rings. The standard InChI is InChI=1S/C14H21N3O2/c1-2-6-13(18)11-17-14(19)9-12(10-15-17)16-7-4-3-5-8-16/h9-10H,2-8,11H2,1H3. The number of nitrogens with zero attached hydrogens (tertiary/aromatic N) is 3. The van der Waals surface area contributed by atoms with Crippen molar-refractivity contribution >= 4 is 11.5 Å². The second-order valence-electron chi connectivity index (χ2n) is 5.05. The van der Waals surface area contributed by atoms with Gasteiger partial charge in [-0.25, -0.2) is 4.68 Å². The molecule has 1 aliphatic rings. The van der Waals surface area contributed by atoms with E-state index in [1.807, 2.05) is 6.92 Å². The molecule has 0 N–H and O–H groups in total. The van der Waals surface area contributed by atoms with Gasteiger partial charge >= 0.3 is 0 Å². The molecular weight excluding hydrogens is 242 g/mol. The molecule has 0 radical (unpaired) electrons. The minimum absolute atomic E-state index is 0.0582. The highest BCUT2D eigenvalue weighted by Crippen LogP contribution is 2.16. The first-order chi connectivity index (χ1) is 9.20. The van der Waals surface area contributed by atoms with Gasteiger partial charge in [-0.05, 0) is 25.7 Å². The summed E-state index contributed by atoms with van der Waals surface area (Å²) in [5, 5.41) is 4.12. The Morgan fingerprint density at radius 1 is 1.32 bits per heavy atom. The quantitative estimate of drug-likeness (QED) is 0.809. The summed E-state index contributed by atoms with van der Waals surface area (Å²) in [6.45, 7) is 4.01. The van der Waals surface area contributed by atoms with Crippen molar-refractivity contribution in [3.63, 3.8) is 0 Å². The smallest absolute Gasteiger partial charge is 0.269 e. The monoisotopic (exact) mass is 263 g/mol. The van der Waals surface area contributed by atoms with Crippen LogP contribution in [0.25, 0.3) is 0 Å². The zero-order valence-corrected chi connectivity index (χ0v) is 11.5. The third kappa shape index (κ3) is 3.66. The number of rotatable bonds is 5. The van der Waals surface area contributed by atoms with Gasteiger partial charge in [0, 0.05) is 25.6 Å². The molecule has 1 aliphatic heterocycles. The maximum Gasteiger partial charge on any atom is 0.269 e. The molecule has 19 heavy (non-hydrogen) atoms. The first kappa shape index (κ1) is 13.8. The topological polar surface area (TPSA) is 55.2 Å². The Labute approximate surface area is 113 Å². The summed E-state index contributed by atoms with van der Waals surface area (Å²) < 4.78 is 1.26. The van der Waals surface area contributed by atoms with Gasteiger partial charge in [0.1, 0.15) is 6.54 Å². The molecule has 0 saturated carbocycles. The van der Waals surface area contributed by atoms with Crippen molar-refractivity contribution in [2.75, 3.05) is 18.0 Å². The maximum absolute atomic E-state index is 11.9. The number of carbonyl (C=O) groups excluding carboxylic acids is 1. The molecule has 104 valence electrons. The minimum atomic E-state index is -0.187. The Morgan fingerprint density at radius 2 is 2.05 bits per heavy atom. The predicted octanol–water partition coefficient (Wildman–Crippen LogP) is 1.60. The van der Waals surface area contributed by atoms with Crippen LogP contribution in [0.4, 0.5) is 5.69 Å². The molecule has 1 saturated heterocycles. The van der Waals surface area contributed by atoms with E-state index in [0.717, 1.165) is 38.0 Å². The van der Waals surface area contributed by atoms with E-state index < -0.39 is 0 Å². The first-order valence-electron chi connectivity index (χ1n) is 7.04. The van der Waals surface area contributed by atoms with Gasteiger partial charge in [0.05, 0.1) is 11.9 Å². The molecule has 0 atom stereocenters. The van der Waals surface area contributed by atoms with Crippen LogP contribution in [0.3, 0.4) is 0 Å². The molecule has 2 heterocycles. The van der Waals surface area contributed by atoms with Crippen molar-refractivity contribution in [3.05, 3.63) is 22.6 Å². The van der Waals surface area contributed by atoms with E-state index in [1.165, 1.54) is 11.1 Å². The second-order valence-corrected chi connectivity index (χ2v) is 5.05. The van der Waals surface area contributed by atoms with Gasteiger partial charge < -0.3 is 4.90 Å². The molecule has 5 nitrogen and oxygen atoms in total. The number of hydrogen-bond acceptors (Lipinski definition) is 4. The highest BCUT2D eigenvalue weighted by Gasteiger charge is 2.13. The summed E-state index contributed by atoms with van der Waals surface area (Å²) in [5.41, 5.74) is 0.691. The largest absolute Gasteiger partial charge is 0.370 e. The number of carbonyl (C=O) groups is 1. The van der Waals surface area contributed by atoms with Gasteiger partial charge in [0.2, 0.25) is 0 Å². The van der Waals surface area contributed by atoms with Crippen LogP contribution in [-0.2, 0) is 11.3 Å². The summed E-state index contributed by atoms with van der Waals surface area (Å²) in [6, 6.07) is 1.59. The van der Waals surface area contributed by atoms with E-state index in [4.69, 9.17) is 0 Å². The van der Waals surface area contributed by atoms with Crippen LogP contribution in [0, 0.1) is 0 Å². The molecule has 0 aromatic carbocycles. The summed E-state index contributed by atoms with van der Waals surface area (Å²) in [5.74, 6) is 0.0582. The number of hydrogen-bond donors (Lipinski definition) is 0. The van der Waals surface area contributed by atoms with Crippen LogP contribution in [0.1, 0.15) is 39.0 Å². The number of piperidine rings is 1. The zero-order valence-electron chi connectivity index (χ0n) is 11.5. The molecule has 5 heteroatoms. The van der Waals surface area contributed by atoms with E-state index >= 15 is 0 Å². The Hall–Kier alpha value is -1.65. The molecule has 0 spiro atoms. The summed E-state index contributed by atoms with van der Waals surface area (Å²) in [7, 11) is 0. The van der Waals surface area contributed by atoms with Gasteiger partial charge in [-0.1, -0.05) is 6.92 Å². The van der Waals surface area contributed by atoms with Crippen LogP contribution in [-0.4, -0.2) is 28.7 Å². The lowest BCUT2D eigenvalue weighted by Crippen LogP contribution is -2.32. The Bertz CT molecular complexity index is 490. The fourth-order valence-electron chi connectivity index (χ4n) is 2.39. The van der Waals surface area contributed by atoms with E-state index in [2.05, 4.69) is 10.00 Å². The molecule has 1 aromatic heterocycles. The SMILES string of the molecule is CCCC(=O)Cn1ncc(N2CCCCC2)cc1=O. The molecule has 0 amide bonds. The van der Waals surface area contributed by atoms with E-state index in [-0.39, 0.29) is 17.9 Å².